The van der Waals surface area contributed by atoms with E-state index in [0.29, 0.717) is 24.2 Å². The van der Waals surface area contributed by atoms with Gasteiger partial charge in [-0.25, -0.2) is 9.37 Å². The Bertz CT molecular complexity index is 1440. The second-order valence-corrected chi connectivity index (χ2v) is 11.0. The number of benzene rings is 2. The van der Waals surface area contributed by atoms with Gasteiger partial charge in [0, 0.05) is 23.1 Å². The van der Waals surface area contributed by atoms with Gasteiger partial charge in [0.25, 0.3) is 0 Å². The molecule has 0 spiro atoms. The van der Waals surface area contributed by atoms with Crippen molar-refractivity contribution in [1.82, 2.24) is 4.98 Å². The van der Waals surface area contributed by atoms with Crippen molar-refractivity contribution >= 4 is 5.78 Å². The predicted molar refractivity (Wildman–Crippen MR) is 146 cm³/mol. The number of ether oxygens (including phenoxy) is 3. The predicted octanol–water partition coefficient (Wildman–Crippen LogP) is 6.13. The number of methoxy groups -OCH3 is 1. The van der Waals surface area contributed by atoms with Crippen molar-refractivity contribution in [1.29, 1.82) is 0 Å². The molecule has 1 aliphatic heterocycles. The van der Waals surface area contributed by atoms with Crippen molar-refractivity contribution in [2.45, 2.75) is 63.3 Å². The number of carbonyl (C=O) groups is 1. The van der Waals surface area contributed by atoms with Crippen LogP contribution >= 0.6 is 0 Å². The van der Waals surface area contributed by atoms with Crippen LogP contribution in [0.5, 0.6) is 17.2 Å². The van der Waals surface area contributed by atoms with Crippen molar-refractivity contribution < 1.29 is 46.8 Å². The number of rotatable bonds is 10. The Morgan fingerprint density at radius 3 is 2.43 bits per heavy atom. The number of aliphatic hydroxyl groups is 2. The third-order valence-corrected chi connectivity index (χ3v) is 7.37. The zero-order chi connectivity index (χ0) is 30.9. The molecule has 0 saturated carbocycles. The highest BCUT2D eigenvalue weighted by molar-refractivity contribution is 5.96. The minimum atomic E-state index is -5.19. The number of hydrogen-bond acceptors (Lipinski definition) is 7. The molecule has 0 radical (unpaired) electrons. The second kappa shape index (κ2) is 11.9. The van der Waals surface area contributed by atoms with Crippen LogP contribution in [0.2, 0.25) is 0 Å². The number of halogens is 4. The molecular weight excluding hydrogens is 558 g/mol. The first-order chi connectivity index (χ1) is 19.7. The average molecular weight is 592 g/mol. The van der Waals surface area contributed by atoms with Crippen molar-refractivity contribution in [2.75, 3.05) is 20.3 Å². The van der Waals surface area contributed by atoms with Gasteiger partial charge in [-0.05, 0) is 73.7 Å². The fraction of sp³-hybridized carbons (Fsp3) is 0.419. The molecule has 2 N–H and O–H groups in total. The highest BCUT2D eigenvalue weighted by Gasteiger charge is 2.56. The Morgan fingerprint density at radius 2 is 1.81 bits per heavy atom. The molecule has 7 nitrogen and oxygen atoms in total. The maximum Gasteiger partial charge on any atom is 0.422 e. The maximum absolute atomic E-state index is 14.6. The van der Waals surface area contributed by atoms with E-state index in [4.69, 9.17) is 14.2 Å². The topological polar surface area (TPSA) is 98.1 Å². The van der Waals surface area contributed by atoms with Crippen molar-refractivity contribution in [3.63, 3.8) is 0 Å². The molecule has 1 aliphatic rings. The number of hydrogen-bond donors (Lipinski definition) is 2. The van der Waals surface area contributed by atoms with Crippen LogP contribution in [0.1, 0.15) is 61.6 Å². The van der Waals surface area contributed by atoms with Crippen LogP contribution in [0, 0.1) is 5.82 Å². The Kier molecular flexibility index (Phi) is 8.84. The highest BCUT2D eigenvalue weighted by Crippen LogP contribution is 2.48. The van der Waals surface area contributed by atoms with E-state index in [-0.39, 0.29) is 35.1 Å². The third-order valence-electron chi connectivity index (χ3n) is 7.37. The quantitative estimate of drug-likeness (QED) is 0.216. The number of Topliss-reactive ketones (excluding diaryl/α,β-unsaturated/α-hetero) is 1. The summed E-state index contributed by atoms with van der Waals surface area (Å²) in [6.07, 6.45) is -7.11. The monoisotopic (exact) mass is 591 g/mol. The third kappa shape index (κ3) is 6.37. The Morgan fingerprint density at radius 1 is 1.12 bits per heavy atom. The van der Waals surface area contributed by atoms with Gasteiger partial charge in [0.05, 0.1) is 25.5 Å². The summed E-state index contributed by atoms with van der Waals surface area (Å²) in [4.78, 5) is 17.3. The van der Waals surface area contributed by atoms with Crippen LogP contribution in [0.4, 0.5) is 17.6 Å². The maximum atomic E-state index is 14.6. The summed E-state index contributed by atoms with van der Waals surface area (Å²) in [5.41, 5.74) is -3.94. The van der Waals surface area contributed by atoms with Gasteiger partial charge in [0.15, 0.2) is 17.3 Å². The Hall–Kier alpha value is -3.70. The molecule has 42 heavy (non-hydrogen) atoms. The van der Waals surface area contributed by atoms with E-state index in [1.165, 1.54) is 50.4 Å². The SMILES string of the molecule is COc1cc(C(=O)CCC(O)(c2cc3c(c(-c4ccc(F)cc4)n2)OCCC3(C)C)C(F)(F)F)ccc1OC[C@@H](C)O. The van der Waals surface area contributed by atoms with Gasteiger partial charge in [-0.2, -0.15) is 13.2 Å². The first-order valence-electron chi connectivity index (χ1n) is 13.4. The van der Waals surface area contributed by atoms with Crippen LogP contribution in [0.3, 0.4) is 0 Å². The standard InChI is InChI=1S/C31H33F4NO6/c1-18(37)17-42-24-10-7-20(15-25(24)40-4)23(38)11-12-30(39,31(33,34)35)26-16-22-28(41-14-13-29(22,2)3)27(36-26)19-5-8-21(32)9-6-19/h5-10,15-16,18,37,39H,11-14,17H2,1-4H3/t18-,30?/m1/s1. The number of fused-ring (bicyclic) bond motifs is 1. The highest BCUT2D eigenvalue weighted by atomic mass is 19.4. The number of pyridine rings is 1. The van der Waals surface area contributed by atoms with Gasteiger partial charge in [-0.1, -0.05) is 13.8 Å². The van der Waals surface area contributed by atoms with Gasteiger partial charge in [0.1, 0.15) is 23.9 Å². The van der Waals surface area contributed by atoms with Crippen LogP contribution < -0.4 is 14.2 Å². The number of nitrogens with zero attached hydrogens (tertiary/aromatic N) is 1. The molecule has 0 bridgehead atoms. The van der Waals surface area contributed by atoms with Crippen LogP contribution in [0.25, 0.3) is 11.3 Å². The van der Waals surface area contributed by atoms with E-state index in [1.807, 2.05) is 13.8 Å². The van der Waals surface area contributed by atoms with Gasteiger partial charge < -0.3 is 24.4 Å². The lowest BCUT2D eigenvalue weighted by Gasteiger charge is -2.36. The van der Waals surface area contributed by atoms with Gasteiger partial charge in [-0.3, -0.25) is 4.79 Å². The zero-order valence-electron chi connectivity index (χ0n) is 23.7. The van der Waals surface area contributed by atoms with Gasteiger partial charge in [0.2, 0.25) is 5.60 Å². The lowest BCUT2D eigenvalue weighted by molar-refractivity contribution is -0.270. The minimum absolute atomic E-state index is 0.0300. The minimum Gasteiger partial charge on any atom is -0.493 e. The summed E-state index contributed by atoms with van der Waals surface area (Å²) in [6, 6.07) is 10.4. The molecular formula is C31H33F4NO6. The summed E-state index contributed by atoms with van der Waals surface area (Å²) in [6.45, 7) is 5.51. The first kappa shape index (κ1) is 31.2. The van der Waals surface area contributed by atoms with E-state index < -0.39 is 53.4 Å². The molecule has 226 valence electrons. The number of carbonyl (C=O) groups excluding carboxylic acids is 1. The molecule has 2 aromatic carbocycles. The molecule has 0 aliphatic carbocycles. The molecule has 2 heterocycles. The summed E-state index contributed by atoms with van der Waals surface area (Å²) < 4.78 is 74.1. The van der Waals surface area contributed by atoms with Gasteiger partial charge >= 0.3 is 6.18 Å². The van der Waals surface area contributed by atoms with Crippen molar-refractivity contribution in [3.05, 3.63) is 71.2 Å². The normalized spacial score (nSPS) is 16.5. The van der Waals surface area contributed by atoms with Gasteiger partial charge in [-0.15, -0.1) is 0 Å². The second-order valence-electron chi connectivity index (χ2n) is 11.0. The lowest BCUT2D eigenvalue weighted by atomic mass is 9.77. The fourth-order valence-electron chi connectivity index (χ4n) is 4.76. The molecule has 2 atom stereocenters. The molecule has 4 rings (SSSR count). The van der Waals surface area contributed by atoms with E-state index in [2.05, 4.69) is 4.98 Å². The van der Waals surface area contributed by atoms with E-state index in [9.17, 15) is 32.6 Å². The molecule has 1 unspecified atom stereocenters. The summed E-state index contributed by atoms with van der Waals surface area (Å²) in [5, 5.41) is 20.7. The van der Waals surface area contributed by atoms with E-state index >= 15 is 0 Å². The van der Waals surface area contributed by atoms with Crippen molar-refractivity contribution in [3.8, 4) is 28.5 Å². The summed E-state index contributed by atoms with van der Waals surface area (Å²) in [5.74, 6) is -0.520. The Labute approximate surface area is 241 Å². The molecule has 3 aromatic rings. The smallest absolute Gasteiger partial charge is 0.422 e. The number of aliphatic hydroxyl groups excluding tert-OH is 1. The molecule has 0 fully saturated rings. The number of ketones is 1. The molecule has 0 amide bonds. The molecule has 0 saturated heterocycles. The number of alkyl halides is 3. The van der Waals surface area contributed by atoms with Crippen molar-refractivity contribution in [2.24, 2.45) is 0 Å². The molecule has 11 heteroatoms. The van der Waals surface area contributed by atoms with Crippen LogP contribution in [-0.2, 0) is 11.0 Å². The summed E-state index contributed by atoms with van der Waals surface area (Å²) >= 11 is 0. The average Bonchev–Trinajstić information content (AvgIpc) is 2.93. The van der Waals surface area contributed by atoms with Crippen LogP contribution in [-0.4, -0.2) is 53.6 Å². The first-order valence-corrected chi connectivity index (χ1v) is 13.4. The fourth-order valence-corrected chi connectivity index (χ4v) is 4.76. The van der Waals surface area contributed by atoms with Crippen LogP contribution in [0.15, 0.2) is 48.5 Å². The molecule has 1 aromatic heterocycles. The summed E-state index contributed by atoms with van der Waals surface area (Å²) in [7, 11) is 1.34. The van der Waals surface area contributed by atoms with E-state index in [0.717, 1.165) is 12.1 Å². The number of aromatic nitrogens is 1. The Balaban J connectivity index is 1.72. The van der Waals surface area contributed by atoms with E-state index in [1.54, 1.807) is 0 Å². The largest absolute Gasteiger partial charge is 0.493 e. The zero-order valence-corrected chi connectivity index (χ0v) is 23.7. The lowest BCUT2D eigenvalue weighted by Crippen LogP contribution is -2.44.